The topological polar surface area (TPSA) is 21.3 Å². The van der Waals surface area contributed by atoms with Gasteiger partial charge in [-0.05, 0) is 44.9 Å². The van der Waals surface area contributed by atoms with Crippen molar-refractivity contribution >= 4 is 0 Å². The van der Waals surface area contributed by atoms with Gasteiger partial charge in [0.1, 0.15) is 0 Å². The minimum atomic E-state index is -0.156. The van der Waals surface area contributed by atoms with E-state index in [4.69, 9.17) is 4.74 Å². The second-order valence-electron chi connectivity index (χ2n) is 4.95. The van der Waals surface area contributed by atoms with Gasteiger partial charge in [0.15, 0.2) is 0 Å². The third-order valence-corrected chi connectivity index (χ3v) is 3.69. The predicted octanol–water partition coefficient (Wildman–Crippen LogP) is 3.85. The van der Waals surface area contributed by atoms with Crippen molar-refractivity contribution in [3.63, 3.8) is 0 Å². The van der Waals surface area contributed by atoms with Crippen LogP contribution in [-0.2, 0) is 4.74 Å². The molecule has 1 N–H and O–H groups in total. The van der Waals surface area contributed by atoms with Crippen LogP contribution in [-0.4, -0.2) is 18.8 Å². The molecule has 0 fully saturated rings. The Morgan fingerprint density at radius 3 is 2.39 bits per heavy atom. The highest BCUT2D eigenvalue weighted by Crippen LogP contribution is 2.33. The van der Waals surface area contributed by atoms with E-state index in [1.54, 1.807) is 0 Å². The van der Waals surface area contributed by atoms with Crippen LogP contribution >= 0.6 is 0 Å². The molecule has 0 saturated heterocycles. The molecule has 0 aliphatic rings. The standard InChI is InChI=1S/C16H27NO/c1-6-16(5,18-8-3)15(17-7-2)14-12-10-9-11-13(14)4/h9-12,15,17H,6-8H2,1-5H3. The summed E-state index contributed by atoms with van der Waals surface area (Å²) in [6.45, 7) is 12.5. The van der Waals surface area contributed by atoms with Crippen molar-refractivity contribution in [2.75, 3.05) is 13.2 Å². The Morgan fingerprint density at radius 2 is 1.89 bits per heavy atom. The minimum Gasteiger partial charge on any atom is -0.374 e. The van der Waals surface area contributed by atoms with Gasteiger partial charge in [-0.2, -0.15) is 0 Å². The molecule has 0 spiro atoms. The van der Waals surface area contributed by atoms with E-state index in [0.29, 0.717) is 0 Å². The fourth-order valence-electron chi connectivity index (χ4n) is 2.49. The molecule has 0 aromatic heterocycles. The zero-order valence-corrected chi connectivity index (χ0v) is 12.4. The van der Waals surface area contributed by atoms with Crippen LogP contribution in [0.1, 0.15) is 51.3 Å². The summed E-state index contributed by atoms with van der Waals surface area (Å²) in [5.41, 5.74) is 2.51. The molecule has 0 radical (unpaired) electrons. The van der Waals surface area contributed by atoms with Crippen molar-refractivity contribution in [1.82, 2.24) is 5.32 Å². The zero-order chi connectivity index (χ0) is 13.6. The Morgan fingerprint density at radius 1 is 1.22 bits per heavy atom. The van der Waals surface area contributed by atoms with Crippen molar-refractivity contribution < 1.29 is 4.74 Å². The van der Waals surface area contributed by atoms with Gasteiger partial charge in [0.25, 0.3) is 0 Å². The first-order valence-electron chi connectivity index (χ1n) is 7.01. The molecule has 0 bridgehead atoms. The van der Waals surface area contributed by atoms with Crippen molar-refractivity contribution in [2.24, 2.45) is 0 Å². The third-order valence-electron chi connectivity index (χ3n) is 3.69. The summed E-state index contributed by atoms with van der Waals surface area (Å²) >= 11 is 0. The Bertz CT molecular complexity index is 364. The van der Waals surface area contributed by atoms with Gasteiger partial charge in [-0.25, -0.2) is 0 Å². The van der Waals surface area contributed by atoms with Gasteiger partial charge in [0.05, 0.1) is 11.6 Å². The molecular weight excluding hydrogens is 222 g/mol. The van der Waals surface area contributed by atoms with Gasteiger partial charge < -0.3 is 10.1 Å². The normalized spacial score (nSPS) is 16.3. The lowest BCUT2D eigenvalue weighted by Crippen LogP contribution is -2.43. The summed E-state index contributed by atoms with van der Waals surface area (Å²) in [7, 11) is 0. The molecule has 1 rings (SSSR count). The molecule has 1 aromatic rings. The number of ether oxygens (including phenoxy) is 1. The first-order valence-corrected chi connectivity index (χ1v) is 7.01. The van der Waals surface area contributed by atoms with Crippen molar-refractivity contribution in [2.45, 2.75) is 52.7 Å². The zero-order valence-electron chi connectivity index (χ0n) is 12.4. The van der Waals surface area contributed by atoms with Crippen LogP contribution in [0.4, 0.5) is 0 Å². The molecule has 2 atom stereocenters. The van der Waals surface area contributed by atoms with Crippen molar-refractivity contribution in [3.8, 4) is 0 Å². The van der Waals surface area contributed by atoms with E-state index >= 15 is 0 Å². The first kappa shape index (κ1) is 15.2. The second kappa shape index (κ2) is 6.91. The number of rotatable bonds is 7. The van der Waals surface area contributed by atoms with E-state index in [-0.39, 0.29) is 11.6 Å². The highest BCUT2D eigenvalue weighted by molar-refractivity contribution is 5.30. The predicted molar refractivity (Wildman–Crippen MR) is 77.9 cm³/mol. The molecule has 102 valence electrons. The monoisotopic (exact) mass is 249 g/mol. The molecule has 2 heteroatoms. The highest BCUT2D eigenvalue weighted by atomic mass is 16.5. The number of benzene rings is 1. The maximum atomic E-state index is 6.04. The molecule has 2 nitrogen and oxygen atoms in total. The first-order chi connectivity index (χ1) is 8.59. The Balaban J connectivity index is 3.12. The van der Waals surface area contributed by atoms with Gasteiger partial charge in [-0.15, -0.1) is 0 Å². The summed E-state index contributed by atoms with van der Waals surface area (Å²) in [5.74, 6) is 0. The van der Waals surface area contributed by atoms with E-state index in [1.165, 1.54) is 11.1 Å². The van der Waals surface area contributed by atoms with E-state index < -0.39 is 0 Å². The number of likely N-dealkylation sites (N-methyl/N-ethyl adjacent to an activating group) is 1. The van der Waals surface area contributed by atoms with Crippen LogP contribution in [0.25, 0.3) is 0 Å². The van der Waals surface area contributed by atoms with E-state index in [1.807, 2.05) is 0 Å². The number of hydrogen-bond acceptors (Lipinski definition) is 2. The summed E-state index contributed by atoms with van der Waals surface area (Å²) < 4.78 is 6.04. The fraction of sp³-hybridized carbons (Fsp3) is 0.625. The summed E-state index contributed by atoms with van der Waals surface area (Å²) in [6, 6.07) is 8.81. The molecule has 0 saturated carbocycles. The van der Waals surface area contributed by atoms with Crippen LogP contribution in [0.2, 0.25) is 0 Å². The quantitative estimate of drug-likeness (QED) is 0.792. The fourth-order valence-corrected chi connectivity index (χ4v) is 2.49. The lowest BCUT2D eigenvalue weighted by Gasteiger charge is -2.38. The smallest absolute Gasteiger partial charge is 0.0845 e. The second-order valence-corrected chi connectivity index (χ2v) is 4.95. The van der Waals surface area contributed by atoms with Crippen LogP contribution < -0.4 is 5.32 Å². The van der Waals surface area contributed by atoms with Crippen molar-refractivity contribution in [3.05, 3.63) is 35.4 Å². The van der Waals surface area contributed by atoms with Crippen molar-refractivity contribution in [1.29, 1.82) is 0 Å². The van der Waals surface area contributed by atoms with E-state index in [9.17, 15) is 0 Å². The maximum Gasteiger partial charge on any atom is 0.0845 e. The van der Waals surface area contributed by atoms with Gasteiger partial charge in [0.2, 0.25) is 0 Å². The molecule has 18 heavy (non-hydrogen) atoms. The number of aryl methyl sites for hydroxylation is 1. The van der Waals surface area contributed by atoms with Gasteiger partial charge >= 0.3 is 0 Å². The molecule has 1 aromatic carbocycles. The van der Waals surface area contributed by atoms with E-state index in [0.717, 1.165) is 19.6 Å². The van der Waals surface area contributed by atoms with Crippen LogP contribution in [0.5, 0.6) is 0 Å². The Hall–Kier alpha value is -0.860. The van der Waals surface area contributed by atoms with Crippen LogP contribution in [0.15, 0.2) is 24.3 Å². The molecule has 0 aliphatic heterocycles. The number of hydrogen-bond donors (Lipinski definition) is 1. The average molecular weight is 249 g/mol. The van der Waals surface area contributed by atoms with Crippen LogP contribution in [0.3, 0.4) is 0 Å². The molecule has 0 heterocycles. The Labute approximate surface area is 112 Å². The van der Waals surface area contributed by atoms with Gasteiger partial charge in [-0.3, -0.25) is 0 Å². The highest BCUT2D eigenvalue weighted by Gasteiger charge is 2.34. The number of nitrogens with one attached hydrogen (secondary N) is 1. The SMILES string of the molecule is CCNC(c1ccccc1C)C(C)(CC)OCC. The summed E-state index contributed by atoms with van der Waals surface area (Å²) in [6.07, 6.45) is 0.993. The largest absolute Gasteiger partial charge is 0.374 e. The lowest BCUT2D eigenvalue weighted by atomic mass is 9.85. The summed E-state index contributed by atoms with van der Waals surface area (Å²) in [5, 5.41) is 3.59. The lowest BCUT2D eigenvalue weighted by molar-refractivity contribution is -0.0561. The Kier molecular flexibility index (Phi) is 5.83. The molecule has 2 unspecified atom stereocenters. The maximum absolute atomic E-state index is 6.04. The van der Waals surface area contributed by atoms with Gasteiger partial charge in [0, 0.05) is 6.61 Å². The molecule has 0 amide bonds. The molecule has 0 aliphatic carbocycles. The average Bonchev–Trinajstić information content (AvgIpc) is 2.37. The minimum absolute atomic E-state index is 0.156. The van der Waals surface area contributed by atoms with Gasteiger partial charge in [-0.1, -0.05) is 38.1 Å². The van der Waals surface area contributed by atoms with E-state index in [2.05, 4.69) is 64.2 Å². The molecular formula is C16H27NO. The summed E-state index contributed by atoms with van der Waals surface area (Å²) in [4.78, 5) is 0. The third kappa shape index (κ3) is 3.33. The van der Waals surface area contributed by atoms with Crippen LogP contribution in [0, 0.1) is 6.92 Å².